The summed E-state index contributed by atoms with van der Waals surface area (Å²) in [5.74, 6) is -7.05. The summed E-state index contributed by atoms with van der Waals surface area (Å²) in [5.41, 5.74) is -3.00. The summed E-state index contributed by atoms with van der Waals surface area (Å²) in [5, 5.41) is 17.8. The Labute approximate surface area is 266 Å². The van der Waals surface area contributed by atoms with Crippen molar-refractivity contribution in [2.45, 2.75) is 25.2 Å². The SMILES string of the molecule is COCC(COC)N(C(=O)c1ccc(Br)cc1F)c1cc(F)c(Oc2ncc(CCn3nccn3)cc2C(F)(F)F)cc1C(=O)O. The van der Waals surface area contributed by atoms with E-state index in [4.69, 9.17) is 14.2 Å². The van der Waals surface area contributed by atoms with Crippen molar-refractivity contribution in [3.63, 3.8) is 0 Å². The van der Waals surface area contributed by atoms with Gasteiger partial charge in [-0.25, -0.2) is 18.6 Å². The van der Waals surface area contributed by atoms with E-state index < -0.39 is 69.7 Å². The molecule has 4 rings (SSSR count). The Balaban J connectivity index is 1.78. The van der Waals surface area contributed by atoms with Gasteiger partial charge in [0.25, 0.3) is 5.91 Å². The third-order valence-electron chi connectivity index (χ3n) is 6.49. The smallest absolute Gasteiger partial charge is 0.421 e. The first kappa shape index (κ1) is 34.4. The van der Waals surface area contributed by atoms with E-state index in [1.54, 1.807) is 0 Å². The van der Waals surface area contributed by atoms with Crippen molar-refractivity contribution in [2.75, 3.05) is 32.3 Å². The second-order valence-corrected chi connectivity index (χ2v) is 10.6. The maximum Gasteiger partial charge on any atom is 0.421 e. The van der Waals surface area contributed by atoms with Crippen LogP contribution < -0.4 is 9.64 Å². The zero-order chi connectivity index (χ0) is 33.6. The van der Waals surface area contributed by atoms with E-state index in [0.717, 1.165) is 29.3 Å². The Morgan fingerprint density at radius 3 is 2.26 bits per heavy atom. The van der Waals surface area contributed by atoms with Gasteiger partial charge in [-0.3, -0.25) is 9.69 Å². The van der Waals surface area contributed by atoms with E-state index in [2.05, 4.69) is 31.1 Å². The normalized spacial score (nSPS) is 11.6. The number of carboxylic acids is 1. The number of rotatable bonds is 13. The predicted octanol–water partition coefficient (Wildman–Crippen LogP) is 5.77. The molecule has 2 aromatic heterocycles. The first-order valence-corrected chi connectivity index (χ1v) is 14.0. The van der Waals surface area contributed by atoms with Crippen LogP contribution in [0.1, 0.15) is 31.8 Å². The number of methoxy groups -OCH3 is 2. The molecule has 0 fully saturated rings. The van der Waals surface area contributed by atoms with Crippen LogP contribution in [0.2, 0.25) is 0 Å². The minimum atomic E-state index is -4.99. The quantitative estimate of drug-likeness (QED) is 0.172. The highest BCUT2D eigenvalue weighted by Gasteiger charge is 2.37. The van der Waals surface area contributed by atoms with Crippen molar-refractivity contribution in [1.82, 2.24) is 20.0 Å². The monoisotopic (exact) mass is 713 g/mol. The summed E-state index contributed by atoms with van der Waals surface area (Å²) in [7, 11) is 2.57. The third-order valence-corrected chi connectivity index (χ3v) is 6.98. The van der Waals surface area contributed by atoms with Gasteiger partial charge in [-0.2, -0.15) is 28.2 Å². The van der Waals surface area contributed by atoms with Crippen molar-refractivity contribution in [3.05, 3.63) is 93.3 Å². The number of ether oxygens (including phenoxy) is 3. The topological polar surface area (TPSA) is 129 Å². The number of anilines is 1. The maximum absolute atomic E-state index is 15.6. The van der Waals surface area contributed by atoms with E-state index in [0.29, 0.717) is 16.6 Å². The average molecular weight is 714 g/mol. The molecule has 0 aliphatic heterocycles. The van der Waals surface area contributed by atoms with Crippen molar-refractivity contribution in [2.24, 2.45) is 0 Å². The summed E-state index contributed by atoms with van der Waals surface area (Å²) in [6.07, 6.45) is -1.01. The van der Waals surface area contributed by atoms with Crippen LogP contribution in [0.5, 0.6) is 11.6 Å². The van der Waals surface area contributed by atoms with E-state index in [9.17, 15) is 32.3 Å². The lowest BCUT2D eigenvalue weighted by atomic mass is 10.1. The summed E-state index contributed by atoms with van der Waals surface area (Å²) < 4.78 is 88.4. The third kappa shape index (κ3) is 8.02. The highest BCUT2D eigenvalue weighted by atomic mass is 79.9. The zero-order valence-corrected chi connectivity index (χ0v) is 25.7. The highest BCUT2D eigenvalue weighted by molar-refractivity contribution is 9.10. The molecule has 2 heterocycles. The Hall–Kier alpha value is -4.48. The molecule has 0 radical (unpaired) electrons. The fourth-order valence-corrected chi connectivity index (χ4v) is 4.78. The number of aromatic carboxylic acids is 1. The molecule has 244 valence electrons. The lowest BCUT2D eigenvalue weighted by Crippen LogP contribution is -2.47. The van der Waals surface area contributed by atoms with E-state index in [-0.39, 0.29) is 31.7 Å². The van der Waals surface area contributed by atoms with Crippen LogP contribution in [0, 0.1) is 11.6 Å². The molecule has 4 aromatic rings. The van der Waals surface area contributed by atoms with Gasteiger partial charge in [0.15, 0.2) is 11.6 Å². The molecule has 17 heteroatoms. The van der Waals surface area contributed by atoms with Gasteiger partial charge in [0.1, 0.15) is 11.4 Å². The molecule has 0 aliphatic rings. The number of carboxylic acid groups (broad SMARTS) is 1. The molecule has 0 unspecified atom stereocenters. The fraction of sp³-hybridized carbons (Fsp3) is 0.276. The van der Waals surface area contributed by atoms with Gasteiger partial charge in [0.2, 0.25) is 5.88 Å². The van der Waals surface area contributed by atoms with E-state index >= 15 is 4.39 Å². The van der Waals surface area contributed by atoms with Crippen LogP contribution in [0.4, 0.5) is 27.6 Å². The Bertz CT molecular complexity index is 1700. The second kappa shape index (κ2) is 14.7. The van der Waals surface area contributed by atoms with Crippen molar-refractivity contribution in [1.29, 1.82) is 0 Å². The number of hydrogen-bond acceptors (Lipinski definition) is 8. The summed E-state index contributed by atoms with van der Waals surface area (Å²) in [6, 6.07) is 4.39. The van der Waals surface area contributed by atoms with Gasteiger partial charge in [0, 0.05) is 37.0 Å². The first-order chi connectivity index (χ1) is 21.8. The molecule has 1 N–H and O–H groups in total. The summed E-state index contributed by atoms with van der Waals surface area (Å²) >= 11 is 3.09. The number of hydrogen-bond donors (Lipinski definition) is 1. The molecule has 11 nitrogen and oxygen atoms in total. The Morgan fingerprint density at radius 1 is 1.00 bits per heavy atom. The van der Waals surface area contributed by atoms with Gasteiger partial charge >= 0.3 is 12.1 Å². The number of aromatic nitrogens is 4. The lowest BCUT2D eigenvalue weighted by Gasteiger charge is -2.32. The van der Waals surface area contributed by atoms with Crippen LogP contribution in [0.15, 0.2) is 59.5 Å². The number of benzene rings is 2. The number of amides is 1. The molecule has 0 bridgehead atoms. The molecule has 0 saturated carbocycles. The van der Waals surface area contributed by atoms with Crippen LogP contribution >= 0.6 is 15.9 Å². The van der Waals surface area contributed by atoms with E-state index in [1.807, 2.05) is 0 Å². The lowest BCUT2D eigenvalue weighted by molar-refractivity contribution is -0.139. The van der Waals surface area contributed by atoms with Gasteiger partial charge in [0.05, 0.1) is 55.0 Å². The molecule has 0 atom stereocenters. The van der Waals surface area contributed by atoms with Gasteiger partial charge in [-0.05, 0) is 36.2 Å². The van der Waals surface area contributed by atoms with Crippen molar-refractivity contribution < 1.29 is 50.9 Å². The predicted molar refractivity (Wildman–Crippen MR) is 155 cm³/mol. The molecule has 1 amide bonds. The molecule has 2 aromatic carbocycles. The van der Waals surface area contributed by atoms with Gasteiger partial charge < -0.3 is 19.3 Å². The number of aryl methyl sites for hydroxylation is 2. The number of nitrogens with zero attached hydrogens (tertiary/aromatic N) is 5. The number of pyridine rings is 1. The second-order valence-electron chi connectivity index (χ2n) is 9.64. The minimum absolute atomic E-state index is 0.0736. The number of carbonyl (C=O) groups excluding carboxylic acids is 1. The molecular formula is C29H25BrF5N5O6. The first-order valence-electron chi connectivity index (χ1n) is 13.2. The van der Waals surface area contributed by atoms with Crippen molar-refractivity contribution >= 4 is 33.5 Å². The fourth-order valence-electron chi connectivity index (χ4n) is 4.45. The Morgan fingerprint density at radius 2 is 1.67 bits per heavy atom. The number of alkyl halides is 3. The van der Waals surface area contributed by atoms with Gasteiger partial charge in [-0.1, -0.05) is 15.9 Å². The minimum Gasteiger partial charge on any atom is -0.478 e. The van der Waals surface area contributed by atoms with Crippen LogP contribution in [0.3, 0.4) is 0 Å². The number of halogens is 6. The van der Waals surface area contributed by atoms with Crippen LogP contribution in [-0.4, -0.2) is 70.4 Å². The Kier molecular flexibility index (Phi) is 11.0. The molecular weight excluding hydrogens is 689 g/mol. The zero-order valence-electron chi connectivity index (χ0n) is 24.1. The largest absolute Gasteiger partial charge is 0.478 e. The summed E-state index contributed by atoms with van der Waals surface area (Å²) in [4.78, 5) is 31.9. The highest BCUT2D eigenvalue weighted by Crippen LogP contribution is 2.40. The molecule has 0 spiro atoms. The van der Waals surface area contributed by atoms with Gasteiger partial charge in [-0.15, -0.1) is 0 Å². The van der Waals surface area contributed by atoms with Crippen LogP contribution in [-0.2, 0) is 28.6 Å². The number of carbonyl (C=O) groups is 2. The maximum atomic E-state index is 15.6. The molecule has 0 aliphatic carbocycles. The molecule has 46 heavy (non-hydrogen) atoms. The average Bonchev–Trinajstić information content (AvgIpc) is 3.51. The summed E-state index contributed by atoms with van der Waals surface area (Å²) in [6.45, 7) is -0.354. The van der Waals surface area contributed by atoms with Crippen molar-refractivity contribution in [3.8, 4) is 11.6 Å². The molecule has 0 saturated heterocycles. The standard InChI is InChI=1S/C29H25BrF5N5O6/c1-44-14-18(15-45-2)40(27(41)19-4-3-17(30)10-22(19)31)24-12-23(32)25(11-20(24)28(42)43)46-26-21(29(33,34)35)9-16(13-36-26)5-8-39-37-6-7-38-39/h3-4,6-7,9-13,18H,5,8,14-15H2,1-2H3,(H,42,43). The van der Waals surface area contributed by atoms with Crippen LogP contribution in [0.25, 0.3) is 0 Å². The van der Waals surface area contributed by atoms with E-state index in [1.165, 1.54) is 37.5 Å².